The minimum Gasteiger partial charge on any atom is -0.491 e. The average Bonchev–Trinajstić information content (AvgIpc) is 3.16. The molecule has 5 rings (SSSR count). The summed E-state index contributed by atoms with van der Waals surface area (Å²) in [6.07, 6.45) is 4.58. The van der Waals surface area contributed by atoms with E-state index in [4.69, 9.17) is 14.2 Å². The van der Waals surface area contributed by atoms with Crippen molar-refractivity contribution in [3.8, 4) is 16.9 Å². The Morgan fingerprint density at radius 3 is 2.27 bits per heavy atom. The first kappa shape index (κ1) is 28.3. The van der Waals surface area contributed by atoms with E-state index in [1.165, 1.54) is 16.7 Å². The zero-order valence-electron chi connectivity index (χ0n) is 23.6. The SMILES string of the molecule is CCOC(Cc1ccc(OCCOC2c3ccc(CC)cc3C=Cc3ccc(-c4ccccc4)cc32)cc1)C(=O)O. The zero-order valence-corrected chi connectivity index (χ0v) is 23.6. The highest BCUT2D eigenvalue weighted by Crippen LogP contribution is 2.38. The van der Waals surface area contributed by atoms with Gasteiger partial charge in [0.2, 0.25) is 0 Å². The Kier molecular flexibility index (Phi) is 9.29. The topological polar surface area (TPSA) is 65.0 Å². The lowest BCUT2D eigenvalue weighted by atomic mass is 9.92. The van der Waals surface area contributed by atoms with Crippen LogP contribution in [0, 0.1) is 0 Å². The molecular weight excluding hydrogens is 512 g/mol. The monoisotopic (exact) mass is 548 g/mol. The summed E-state index contributed by atoms with van der Waals surface area (Å²) in [7, 11) is 0. The lowest BCUT2D eigenvalue weighted by molar-refractivity contribution is -0.149. The summed E-state index contributed by atoms with van der Waals surface area (Å²) in [5.74, 6) is -0.245. The Morgan fingerprint density at radius 2 is 1.54 bits per heavy atom. The van der Waals surface area contributed by atoms with Gasteiger partial charge >= 0.3 is 5.97 Å². The second kappa shape index (κ2) is 13.4. The van der Waals surface area contributed by atoms with Crippen molar-refractivity contribution >= 4 is 18.1 Å². The maximum atomic E-state index is 11.4. The van der Waals surface area contributed by atoms with Gasteiger partial charge in [-0.2, -0.15) is 0 Å². The summed E-state index contributed by atoms with van der Waals surface area (Å²) < 4.78 is 17.9. The third-order valence-electron chi connectivity index (χ3n) is 7.39. The number of rotatable bonds is 12. The fourth-order valence-electron chi connectivity index (χ4n) is 5.20. The molecular formula is C36H36O5. The van der Waals surface area contributed by atoms with E-state index < -0.39 is 12.1 Å². The molecule has 5 nitrogen and oxygen atoms in total. The van der Waals surface area contributed by atoms with Gasteiger partial charge in [-0.25, -0.2) is 4.79 Å². The summed E-state index contributed by atoms with van der Waals surface area (Å²) >= 11 is 0. The molecule has 1 N–H and O–H groups in total. The first-order valence-corrected chi connectivity index (χ1v) is 14.2. The molecule has 0 aromatic heterocycles. The van der Waals surface area contributed by atoms with Crippen LogP contribution in [0.25, 0.3) is 23.3 Å². The van der Waals surface area contributed by atoms with E-state index in [0.717, 1.165) is 34.2 Å². The van der Waals surface area contributed by atoms with E-state index in [9.17, 15) is 9.90 Å². The molecule has 41 heavy (non-hydrogen) atoms. The molecule has 0 saturated carbocycles. The van der Waals surface area contributed by atoms with Gasteiger partial charge in [-0.05, 0) is 76.1 Å². The van der Waals surface area contributed by atoms with Crippen LogP contribution in [-0.2, 0) is 27.1 Å². The van der Waals surface area contributed by atoms with Crippen molar-refractivity contribution in [2.45, 2.75) is 38.9 Å². The number of hydrogen-bond donors (Lipinski definition) is 1. The standard InChI is InChI=1S/C36H36O5/c1-3-25-12-19-32-30(22-25)16-14-28-13-15-29(27-8-6-5-7-9-27)24-33(28)35(32)41-21-20-40-31-17-10-26(11-18-31)23-34(36(37)38)39-4-2/h5-19,22,24,34-35H,3-4,20-21,23H2,1-2H3,(H,37,38). The molecule has 0 bridgehead atoms. The van der Waals surface area contributed by atoms with Crippen LogP contribution in [0.2, 0.25) is 0 Å². The average molecular weight is 549 g/mol. The van der Waals surface area contributed by atoms with Gasteiger partial charge in [-0.1, -0.05) is 91.9 Å². The Morgan fingerprint density at radius 1 is 0.780 bits per heavy atom. The molecule has 210 valence electrons. The predicted molar refractivity (Wildman–Crippen MR) is 163 cm³/mol. The van der Waals surface area contributed by atoms with E-state index in [2.05, 4.69) is 79.7 Å². The largest absolute Gasteiger partial charge is 0.491 e. The van der Waals surface area contributed by atoms with Crippen LogP contribution >= 0.6 is 0 Å². The van der Waals surface area contributed by atoms with E-state index in [1.807, 2.05) is 30.3 Å². The summed E-state index contributed by atoms with van der Waals surface area (Å²) in [4.78, 5) is 11.4. The highest BCUT2D eigenvalue weighted by Gasteiger charge is 2.23. The number of benzene rings is 4. The number of fused-ring (bicyclic) bond motifs is 2. The molecule has 0 spiro atoms. The second-order valence-corrected chi connectivity index (χ2v) is 10.1. The van der Waals surface area contributed by atoms with E-state index >= 15 is 0 Å². The molecule has 0 radical (unpaired) electrons. The van der Waals surface area contributed by atoms with Gasteiger partial charge in [0.1, 0.15) is 18.5 Å². The van der Waals surface area contributed by atoms with Crippen molar-refractivity contribution in [1.82, 2.24) is 0 Å². The first-order chi connectivity index (χ1) is 20.1. The van der Waals surface area contributed by atoms with Crippen molar-refractivity contribution < 1.29 is 24.1 Å². The van der Waals surface area contributed by atoms with Crippen LogP contribution in [0.5, 0.6) is 5.75 Å². The fourth-order valence-corrected chi connectivity index (χ4v) is 5.20. The van der Waals surface area contributed by atoms with Crippen LogP contribution in [0.1, 0.15) is 53.3 Å². The quantitative estimate of drug-likeness (QED) is 0.185. The van der Waals surface area contributed by atoms with Crippen molar-refractivity contribution in [3.63, 3.8) is 0 Å². The summed E-state index contributed by atoms with van der Waals surface area (Å²) in [6, 6.07) is 31.1. The van der Waals surface area contributed by atoms with Crippen molar-refractivity contribution in [2.24, 2.45) is 0 Å². The molecule has 4 aromatic carbocycles. The van der Waals surface area contributed by atoms with Crippen LogP contribution in [0.15, 0.2) is 91.0 Å². The van der Waals surface area contributed by atoms with Gasteiger partial charge in [0.05, 0.1) is 6.61 Å². The summed E-state index contributed by atoms with van der Waals surface area (Å²) in [6.45, 7) is 5.11. The van der Waals surface area contributed by atoms with Gasteiger partial charge < -0.3 is 19.3 Å². The van der Waals surface area contributed by atoms with Crippen LogP contribution in [-0.4, -0.2) is 37.0 Å². The molecule has 0 amide bonds. The van der Waals surface area contributed by atoms with Crippen molar-refractivity contribution in [3.05, 3.63) is 124 Å². The van der Waals surface area contributed by atoms with Gasteiger partial charge in [-0.3, -0.25) is 0 Å². The van der Waals surface area contributed by atoms with Crippen LogP contribution < -0.4 is 4.74 Å². The molecule has 2 atom stereocenters. The van der Waals surface area contributed by atoms with Crippen molar-refractivity contribution in [1.29, 1.82) is 0 Å². The number of aryl methyl sites for hydroxylation is 1. The molecule has 4 aromatic rings. The smallest absolute Gasteiger partial charge is 0.333 e. The molecule has 1 aliphatic carbocycles. The number of hydrogen-bond acceptors (Lipinski definition) is 4. The lowest BCUT2D eigenvalue weighted by Crippen LogP contribution is -2.26. The minimum atomic E-state index is -0.956. The second-order valence-electron chi connectivity index (χ2n) is 10.1. The predicted octanol–water partition coefficient (Wildman–Crippen LogP) is 7.62. The Labute approximate surface area is 242 Å². The Balaban J connectivity index is 1.31. The molecule has 2 unspecified atom stereocenters. The van der Waals surface area contributed by atoms with Crippen LogP contribution in [0.3, 0.4) is 0 Å². The van der Waals surface area contributed by atoms with Gasteiger partial charge in [0, 0.05) is 13.0 Å². The van der Waals surface area contributed by atoms with Gasteiger partial charge in [0.25, 0.3) is 0 Å². The number of carbonyl (C=O) groups is 1. The number of carboxylic acid groups (broad SMARTS) is 1. The summed E-state index contributed by atoms with van der Waals surface area (Å²) in [5.41, 5.74) is 9.12. The van der Waals surface area contributed by atoms with Crippen molar-refractivity contribution in [2.75, 3.05) is 19.8 Å². The van der Waals surface area contributed by atoms with Crippen LogP contribution in [0.4, 0.5) is 0 Å². The maximum Gasteiger partial charge on any atom is 0.333 e. The third-order valence-corrected chi connectivity index (χ3v) is 7.39. The summed E-state index contributed by atoms with van der Waals surface area (Å²) in [5, 5.41) is 9.34. The zero-order chi connectivity index (χ0) is 28.6. The lowest BCUT2D eigenvalue weighted by Gasteiger charge is -2.22. The fraction of sp³-hybridized carbons (Fsp3) is 0.250. The molecule has 1 aliphatic rings. The number of aliphatic carboxylic acids is 1. The third kappa shape index (κ3) is 6.94. The minimum absolute atomic E-state index is 0.234. The number of ether oxygens (including phenoxy) is 3. The highest BCUT2D eigenvalue weighted by molar-refractivity contribution is 5.78. The Bertz CT molecular complexity index is 1490. The Hall–Kier alpha value is -4.19. The molecule has 5 heteroatoms. The van der Waals surface area contributed by atoms with E-state index in [-0.39, 0.29) is 6.10 Å². The highest BCUT2D eigenvalue weighted by atomic mass is 16.5. The van der Waals surface area contributed by atoms with E-state index in [0.29, 0.717) is 32.0 Å². The van der Waals surface area contributed by atoms with Gasteiger partial charge in [0.15, 0.2) is 6.10 Å². The molecule has 0 aliphatic heterocycles. The molecule has 0 saturated heterocycles. The van der Waals surface area contributed by atoms with Gasteiger partial charge in [-0.15, -0.1) is 0 Å². The molecule has 0 fully saturated rings. The first-order valence-electron chi connectivity index (χ1n) is 14.2. The number of carboxylic acids is 1. The van der Waals surface area contributed by atoms with E-state index in [1.54, 1.807) is 6.92 Å². The maximum absolute atomic E-state index is 11.4. The normalized spacial score (nSPS) is 14.5. The molecule has 0 heterocycles.